The van der Waals surface area contributed by atoms with Crippen LogP contribution in [0.1, 0.15) is 42.3 Å². The molecule has 112 valence electrons. The maximum atomic E-state index is 5.81. The van der Waals surface area contributed by atoms with Gasteiger partial charge in [-0.15, -0.1) is 10.2 Å². The van der Waals surface area contributed by atoms with Crippen molar-refractivity contribution in [1.82, 2.24) is 25.3 Å². The molecule has 1 N–H and O–H groups in total. The molecule has 2 aromatic rings. The number of aryl methyl sites for hydroxylation is 2. The van der Waals surface area contributed by atoms with Gasteiger partial charge in [-0.1, -0.05) is 6.42 Å². The summed E-state index contributed by atoms with van der Waals surface area (Å²) in [5.41, 5.74) is 2.52. The topological polar surface area (TPSA) is 70.8 Å². The Morgan fingerprint density at radius 1 is 1.43 bits per heavy atom. The van der Waals surface area contributed by atoms with Crippen LogP contribution in [0.4, 0.5) is 0 Å². The molecule has 2 aromatic heterocycles. The van der Waals surface area contributed by atoms with Crippen molar-refractivity contribution >= 4 is 0 Å². The van der Waals surface area contributed by atoms with Gasteiger partial charge in [0.05, 0.1) is 17.3 Å². The van der Waals surface area contributed by atoms with Crippen molar-refractivity contribution in [2.75, 3.05) is 13.1 Å². The first-order chi connectivity index (χ1) is 10.2. The van der Waals surface area contributed by atoms with Gasteiger partial charge < -0.3 is 4.42 Å². The molecule has 2 atom stereocenters. The highest BCUT2D eigenvalue weighted by Crippen LogP contribution is 2.50. The molecule has 0 spiro atoms. The number of aromatic amines is 1. The number of nitrogens with one attached hydrogen (secondary N) is 1. The quantitative estimate of drug-likeness (QED) is 0.934. The molecule has 6 nitrogen and oxygen atoms in total. The Morgan fingerprint density at radius 2 is 2.33 bits per heavy atom. The first-order valence-corrected chi connectivity index (χ1v) is 7.69. The van der Waals surface area contributed by atoms with Crippen LogP contribution in [0.15, 0.2) is 10.6 Å². The molecule has 2 aliphatic rings. The second kappa shape index (κ2) is 4.66. The highest BCUT2D eigenvalue weighted by atomic mass is 16.4. The van der Waals surface area contributed by atoms with Crippen LogP contribution in [-0.4, -0.2) is 38.4 Å². The monoisotopic (exact) mass is 287 g/mol. The van der Waals surface area contributed by atoms with Crippen LogP contribution in [0.2, 0.25) is 0 Å². The summed E-state index contributed by atoms with van der Waals surface area (Å²) in [4.78, 5) is 2.50. The normalized spacial score (nSPS) is 29.1. The average Bonchev–Trinajstić information content (AvgIpc) is 3.16. The van der Waals surface area contributed by atoms with Crippen molar-refractivity contribution in [3.05, 3.63) is 29.2 Å². The van der Waals surface area contributed by atoms with Gasteiger partial charge in [0, 0.05) is 26.6 Å². The number of likely N-dealkylation sites (tertiary alicyclic amines) is 1. The minimum Gasteiger partial charge on any atom is -0.425 e. The zero-order valence-corrected chi connectivity index (χ0v) is 12.6. The zero-order valence-electron chi connectivity index (χ0n) is 12.6. The minimum atomic E-state index is 0.0786. The number of rotatable bonds is 3. The van der Waals surface area contributed by atoms with E-state index in [9.17, 15) is 0 Å². The molecule has 0 radical (unpaired) electrons. The van der Waals surface area contributed by atoms with Gasteiger partial charge in [-0.3, -0.25) is 10.00 Å². The van der Waals surface area contributed by atoms with Crippen LogP contribution in [0.25, 0.3) is 0 Å². The van der Waals surface area contributed by atoms with Crippen molar-refractivity contribution in [2.24, 2.45) is 5.92 Å². The van der Waals surface area contributed by atoms with Gasteiger partial charge in [-0.25, -0.2) is 0 Å². The molecular formula is C15H21N5O. The number of aromatic nitrogens is 4. The molecule has 0 aromatic carbocycles. The Kier molecular flexibility index (Phi) is 2.89. The second-order valence-electron chi connectivity index (χ2n) is 6.57. The number of fused-ring (bicyclic) bond motifs is 1. The molecule has 0 unspecified atom stereocenters. The Hall–Kier alpha value is -1.69. The van der Waals surface area contributed by atoms with Gasteiger partial charge in [-0.2, -0.15) is 5.10 Å². The predicted octanol–water partition coefficient (Wildman–Crippen LogP) is 1.96. The predicted molar refractivity (Wildman–Crippen MR) is 76.7 cm³/mol. The smallest absolute Gasteiger partial charge is 0.224 e. The lowest BCUT2D eigenvalue weighted by atomic mass is 9.80. The van der Waals surface area contributed by atoms with Gasteiger partial charge in [0.2, 0.25) is 11.8 Å². The van der Waals surface area contributed by atoms with Crippen molar-refractivity contribution < 1.29 is 4.42 Å². The van der Waals surface area contributed by atoms with E-state index in [0.29, 0.717) is 11.8 Å². The second-order valence-corrected chi connectivity index (χ2v) is 6.57. The third-order valence-corrected chi connectivity index (χ3v) is 5.21. The van der Waals surface area contributed by atoms with E-state index in [-0.39, 0.29) is 5.41 Å². The fraction of sp³-hybridized carbons (Fsp3) is 0.667. The minimum absolute atomic E-state index is 0.0786. The summed E-state index contributed by atoms with van der Waals surface area (Å²) in [5, 5.41) is 15.6. The molecule has 1 aliphatic heterocycles. The van der Waals surface area contributed by atoms with Gasteiger partial charge in [0.1, 0.15) is 0 Å². The van der Waals surface area contributed by atoms with Crippen LogP contribution in [0.5, 0.6) is 0 Å². The maximum absolute atomic E-state index is 5.81. The summed E-state index contributed by atoms with van der Waals surface area (Å²) < 4.78 is 5.81. The fourth-order valence-electron chi connectivity index (χ4n) is 4.12. The zero-order chi connectivity index (χ0) is 14.4. The molecule has 1 saturated carbocycles. The first-order valence-electron chi connectivity index (χ1n) is 7.69. The van der Waals surface area contributed by atoms with Gasteiger partial charge in [0.25, 0.3) is 0 Å². The maximum Gasteiger partial charge on any atom is 0.224 e. The van der Waals surface area contributed by atoms with Crippen LogP contribution >= 0.6 is 0 Å². The highest BCUT2D eigenvalue weighted by molar-refractivity contribution is 5.19. The van der Waals surface area contributed by atoms with Crippen LogP contribution in [0.3, 0.4) is 0 Å². The van der Waals surface area contributed by atoms with E-state index >= 15 is 0 Å². The van der Waals surface area contributed by atoms with Crippen LogP contribution in [0, 0.1) is 19.8 Å². The standard InChI is InChI=1S/C15H21N5O/c1-10-6-16-18-13(10)8-20-7-12-4-3-5-15(12,9-20)14-19-17-11(2)21-14/h6,12H,3-5,7-9H2,1-2H3,(H,16,18)/t12-,15-/m0/s1. The van der Waals surface area contributed by atoms with Gasteiger partial charge in [0.15, 0.2) is 0 Å². The Balaban J connectivity index is 1.59. The number of hydrogen-bond donors (Lipinski definition) is 1. The Morgan fingerprint density at radius 3 is 3.05 bits per heavy atom. The Labute approximate surface area is 123 Å². The summed E-state index contributed by atoms with van der Waals surface area (Å²) in [6.07, 6.45) is 5.59. The fourth-order valence-corrected chi connectivity index (χ4v) is 4.12. The first kappa shape index (κ1) is 13.0. The van der Waals surface area contributed by atoms with E-state index in [1.54, 1.807) is 0 Å². The average molecular weight is 287 g/mol. The molecule has 1 aliphatic carbocycles. The molecule has 0 amide bonds. The highest BCUT2D eigenvalue weighted by Gasteiger charge is 2.53. The molecule has 21 heavy (non-hydrogen) atoms. The lowest BCUT2D eigenvalue weighted by molar-refractivity contribution is 0.263. The van der Waals surface area contributed by atoms with Crippen molar-refractivity contribution in [3.8, 4) is 0 Å². The largest absolute Gasteiger partial charge is 0.425 e. The molecule has 1 saturated heterocycles. The van der Waals surface area contributed by atoms with E-state index in [0.717, 1.165) is 31.9 Å². The number of nitrogens with zero attached hydrogens (tertiary/aromatic N) is 4. The molecule has 3 heterocycles. The van der Waals surface area contributed by atoms with Gasteiger partial charge >= 0.3 is 0 Å². The number of H-pyrrole nitrogens is 1. The van der Waals surface area contributed by atoms with Crippen LogP contribution in [-0.2, 0) is 12.0 Å². The summed E-state index contributed by atoms with van der Waals surface area (Å²) in [6, 6.07) is 0. The molecule has 6 heteroatoms. The molecule has 4 rings (SSSR count). The summed E-state index contributed by atoms with van der Waals surface area (Å²) in [5.74, 6) is 2.17. The van der Waals surface area contributed by atoms with E-state index in [1.807, 2.05) is 13.1 Å². The summed E-state index contributed by atoms with van der Waals surface area (Å²) in [6.45, 7) is 7.03. The van der Waals surface area contributed by atoms with E-state index in [4.69, 9.17) is 4.42 Å². The third-order valence-electron chi connectivity index (χ3n) is 5.21. The van der Waals surface area contributed by atoms with Gasteiger partial charge in [-0.05, 0) is 31.2 Å². The van der Waals surface area contributed by atoms with E-state index < -0.39 is 0 Å². The van der Waals surface area contributed by atoms with E-state index in [1.165, 1.54) is 24.1 Å². The van der Waals surface area contributed by atoms with Crippen molar-refractivity contribution in [3.63, 3.8) is 0 Å². The molecule has 2 fully saturated rings. The third kappa shape index (κ3) is 2.00. The summed E-state index contributed by atoms with van der Waals surface area (Å²) in [7, 11) is 0. The molecular weight excluding hydrogens is 266 g/mol. The van der Waals surface area contributed by atoms with Crippen molar-refractivity contribution in [1.29, 1.82) is 0 Å². The lowest BCUT2D eigenvalue weighted by Crippen LogP contribution is -2.32. The summed E-state index contributed by atoms with van der Waals surface area (Å²) >= 11 is 0. The van der Waals surface area contributed by atoms with E-state index in [2.05, 4.69) is 32.2 Å². The number of hydrogen-bond acceptors (Lipinski definition) is 5. The Bertz CT molecular complexity index is 648. The van der Waals surface area contributed by atoms with Crippen LogP contribution < -0.4 is 0 Å². The SMILES string of the molecule is Cc1nnc([C@]23CCC[C@H]2CN(Cc2[nH]ncc2C)C3)o1. The molecule has 0 bridgehead atoms. The van der Waals surface area contributed by atoms with Crippen molar-refractivity contribution in [2.45, 2.75) is 45.1 Å². The lowest BCUT2D eigenvalue weighted by Gasteiger charge is -2.24.